The second kappa shape index (κ2) is 4.43. The highest BCUT2D eigenvalue weighted by Crippen LogP contribution is 2.31. The molecule has 0 amide bonds. The molecule has 1 aromatic carbocycles. The minimum Gasteiger partial charge on any atom is -0.506 e. The van der Waals surface area contributed by atoms with Crippen molar-refractivity contribution in [3.05, 3.63) is 59.5 Å². The molecule has 19 heavy (non-hydrogen) atoms. The number of benzene rings is 1. The fourth-order valence-electron chi connectivity index (χ4n) is 2.56. The zero-order valence-corrected chi connectivity index (χ0v) is 11.1. The monoisotopic (exact) mass is 252 g/mol. The van der Waals surface area contributed by atoms with Crippen LogP contribution in [0.2, 0.25) is 0 Å². The average Bonchev–Trinajstić information content (AvgIpc) is 2.66. The fourth-order valence-corrected chi connectivity index (χ4v) is 2.56. The summed E-state index contributed by atoms with van der Waals surface area (Å²) in [4.78, 5) is 4.10. The van der Waals surface area contributed by atoms with E-state index in [4.69, 9.17) is 0 Å². The number of aromatic nitrogens is 2. The van der Waals surface area contributed by atoms with Crippen LogP contribution in [0.3, 0.4) is 0 Å². The largest absolute Gasteiger partial charge is 0.506 e. The zero-order chi connectivity index (χ0) is 13.4. The second-order valence-corrected chi connectivity index (χ2v) is 4.83. The molecule has 0 aliphatic heterocycles. The van der Waals surface area contributed by atoms with Gasteiger partial charge in [0, 0.05) is 17.6 Å². The summed E-state index contributed by atoms with van der Waals surface area (Å²) in [5, 5.41) is 10.9. The van der Waals surface area contributed by atoms with Gasteiger partial charge in [0.25, 0.3) is 0 Å². The van der Waals surface area contributed by atoms with Crippen LogP contribution in [-0.4, -0.2) is 14.7 Å². The van der Waals surface area contributed by atoms with Gasteiger partial charge >= 0.3 is 0 Å². The Morgan fingerprint density at radius 1 is 1.11 bits per heavy atom. The molecule has 0 spiro atoms. The Morgan fingerprint density at radius 3 is 2.58 bits per heavy atom. The molecule has 0 aliphatic carbocycles. The van der Waals surface area contributed by atoms with Crippen LogP contribution in [0.5, 0.6) is 5.75 Å². The Kier molecular flexibility index (Phi) is 2.75. The van der Waals surface area contributed by atoms with Crippen LogP contribution >= 0.6 is 0 Å². The van der Waals surface area contributed by atoms with E-state index in [1.807, 2.05) is 31.3 Å². The molecule has 3 aromatic rings. The highest BCUT2D eigenvalue weighted by molar-refractivity contribution is 5.89. The summed E-state index contributed by atoms with van der Waals surface area (Å²) in [6.07, 6.45) is 3.32. The molecule has 0 bridgehead atoms. The first-order chi connectivity index (χ1) is 9.18. The van der Waals surface area contributed by atoms with Crippen molar-refractivity contribution in [2.24, 2.45) is 0 Å². The molecule has 0 unspecified atom stereocenters. The van der Waals surface area contributed by atoms with E-state index in [0.29, 0.717) is 0 Å². The molecule has 0 fully saturated rings. The Bertz CT molecular complexity index is 729. The van der Waals surface area contributed by atoms with Gasteiger partial charge in [0.15, 0.2) is 0 Å². The topological polar surface area (TPSA) is 38.0 Å². The van der Waals surface area contributed by atoms with Gasteiger partial charge in [-0.05, 0) is 25.0 Å². The summed E-state index contributed by atoms with van der Waals surface area (Å²) >= 11 is 0. The van der Waals surface area contributed by atoms with Crippen LogP contribution in [0.25, 0.3) is 10.9 Å². The molecule has 0 atom stereocenters. The maximum atomic E-state index is 9.98. The highest BCUT2D eigenvalue weighted by Gasteiger charge is 2.14. The Balaban J connectivity index is 2.19. The van der Waals surface area contributed by atoms with E-state index in [-0.39, 0.29) is 5.75 Å². The summed E-state index contributed by atoms with van der Waals surface area (Å²) in [7, 11) is 0. The molecule has 3 heteroatoms. The molecule has 3 nitrogen and oxygen atoms in total. The second-order valence-electron chi connectivity index (χ2n) is 4.83. The third-order valence-corrected chi connectivity index (χ3v) is 3.70. The van der Waals surface area contributed by atoms with E-state index in [9.17, 15) is 5.11 Å². The van der Waals surface area contributed by atoms with Crippen molar-refractivity contribution in [3.63, 3.8) is 0 Å². The number of hydrogen-bond acceptors (Lipinski definition) is 2. The molecule has 0 radical (unpaired) electrons. The van der Waals surface area contributed by atoms with Crippen LogP contribution < -0.4 is 0 Å². The Morgan fingerprint density at radius 2 is 1.84 bits per heavy atom. The quantitative estimate of drug-likeness (QED) is 0.759. The van der Waals surface area contributed by atoms with Crippen molar-refractivity contribution >= 4 is 10.9 Å². The van der Waals surface area contributed by atoms with Gasteiger partial charge in [-0.15, -0.1) is 0 Å². The van der Waals surface area contributed by atoms with Crippen molar-refractivity contribution in [2.45, 2.75) is 20.4 Å². The molecule has 3 rings (SSSR count). The number of nitrogens with zero attached hydrogens (tertiary/aromatic N) is 2. The van der Waals surface area contributed by atoms with Crippen molar-refractivity contribution < 1.29 is 5.11 Å². The summed E-state index contributed by atoms with van der Waals surface area (Å²) in [5.74, 6) is 0.255. The van der Waals surface area contributed by atoms with E-state index >= 15 is 0 Å². The van der Waals surface area contributed by atoms with Crippen LogP contribution in [0, 0.1) is 13.8 Å². The molecule has 0 saturated heterocycles. The van der Waals surface area contributed by atoms with Gasteiger partial charge in [-0.3, -0.25) is 4.98 Å². The number of aromatic hydroxyl groups is 1. The van der Waals surface area contributed by atoms with E-state index in [1.165, 1.54) is 17.5 Å². The maximum Gasteiger partial charge on any atom is 0.143 e. The van der Waals surface area contributed by atoms with Crippen LogP contribution in [0.1, 0.15) is 16.8 Å². The normalized spacial score (nSPS) is 11.1. The zero-order valence-electron chi connectivity index (χ0n) is 11.1. The SMILES string of the molecule is Cc1c(C)n(Cc2ccccc2)c2cncc(O)c12. The van der Waals surface area contributed by atoms with Gasteiger partial charge in [-0.25, -0.2) is 0 Å². The summed E-state index contributed by atoms with van der Waals surface area (Å²) in [5.41, 5.74) is 4.51. The summed E-state index contributed by atoms with van der Waals surface area (Å²) < 4.78 is 2.20. The number of pyridine rings is 1. The highest BCUT2D eigenvalue weighted by atomic mass is 16.3. The predicted molar refractivity (Wildman–Crippen MR) is 76.4 cm³/mol. The van der Waals surface area contributed by atoms with E-state index in [2.05, 4.69) is 28.6 Å². The van der Waals surface area contributed by atoms with Gasteiger partial charge in [-0.2, -0.15) is 0 Å². The average molecular weight is 252 g/mol. The molecule has 2 heterocycles. The molecule has 96 valence electrons. The van der Waals surface area contributed by atoms with Gasteiger partial charge in [0.2, 0.25) is 0 Å². The smallest absolute Gasteiger partial charge is 0.143 e. The van der Waals surface area contributed by atoms with Crippen LogP contribution in [0.15, 0.2) is 42.7 Å². The van der Waals surface area contributed by atoms with Gasteiger partial charge < -0.3 is 9.67 Å². The van der Waals surface area contributed by atoms with Crippen molar-refractivity contribution in [3.8, 4) is 5.75 Å². The molecule has 1 N–H and O–H groups in total. The summed E-state index contributed by atoms with van der Waals surface area (Å²) in [6, 6.07) is 10.3. The number of rotatable bonds is 2. The standard InChI is InChI=1S/C16H16N2O/c1-11-12(2)18(10-13-6-4-3-5-7-13)14-8-17-9-15(19)16(11)14/h3-9,19H,10H2,1-2H3. The Hall–Kier alpha value is -2.29. The first-order valence-corrected chi connectivity index (χ1v) is 6.35. The third kappa shape index (κ3) is 1.87. The van der Waals surface area contributed by atoms with Crippen LogP contribution in [-0.2, 0) is 6.54 Å². The Labute approximate surface area is 112 Å². The third-order valence-electron chi connectivity index (χ3n) is 3.70. The van der Waals surface area contributed by atoms with Crippen molar-refractivity contribution in [1.82, 2.24) is 9.55 Å². The van der Waals surface area contributed by atoms with Crippen molar-refractivity contribution in [2.75, 3.05) is 0 Å². The van der Waals surface area contributed by atoms with E-state index < -0.39 is 0 Å². The first-order valence-electron chi connectivity index (χ1n) is 6.35. The molecule has 0 saturated carbocycles. The minimum atomic E-state index is 0.255. The molecule has 2 aromatic heterocycles. The summed E-state index contributed by atoms with van der Waals surface area (Å²) in [6.45, 7) is 4.92. The fraction of sp³-hybridized carbons (Fsp3) is 0.188. The lowest BCUT2D eigenvalue weighted by molar-refractivity contribution is 0.479. The molecular weight excluding hydrogens is 236 g/mol. The van der Waals surface area contributed by atoms with E-state index in [1.54, 1.807) is 0 Å². The lowest BCUT2D eigenvalue weighted by atomic mass is 10.2. The first kappa shape index (κ1) is 11.8. The predicted octanol–water partition coefficient (Wildman–Crippen LogP) is 3.41. The van der Waals surface area contributed by atoms with Crippen molar-refractivity contribution in [1.29, 1.82) is 0 Å². The van der Waals surface area contributed by atoms with Gasteiger partial charge in [0.1, 0.15) is 5.75 Å². The number of hydrogen-bond donors (Lipinski definition) is 1. The van der Waals surface area contributed by atoms with E-state index in [0.717, 1.165) is 23.0 Å². The minimum absolute atomic E-state index is 0.255. The number of fused-ring (bicyclic) bond motifs is 1. The lowest BCUT2D eigenvalue weighted by Gasteiger charge is -2.08. The van der Waals surface area contributed by atoms with Crippen LogP contribution in [0.4, 0.5) is 0 Å². The number of aryl methyl sites for hydroxylation is 1. The van der Waals surface area contributed by atoms with Gasteiger partial charge in [0.05, 0.1) is 17.9 Å². The lowest BCUT2D eigenvalue weighted by Crippen LogP contribution is -2.01. The molecule has 0 aliphatic rings. The molecular formula is C16H16N2O. The maximum absolute atomic E-state index is 9.98. The van der Waals surface area contributed by atoms with Gasteiger partial charge in [-0.1, -0.05) is 30.3 Å².